The first-order valence-corrected chi connectivity index (χ1v) is 10.5. The second-order valence-electron chi connectivity index (χ2n) is 7.58. The number of nitrogens with one attached hydrogen (secondary N) is 1. The van der Waals surface area contributed by atoms with Crippen molar-refractivity contribution in [2.45, 2.75) is 32.4 Å². The third-order valence-corrected chi connectivity index (χ3v) is 6.00. The summed E-state index contributed by atoms with van der Waals surface area (Å²) in [5.41, 5.74) is 5.32. The lowest BCUT2D eigenvalue weighted by Gasteiger charge is -2.28. The van der Waals surface area contributed by atoms with Gasteiger partial charge in [0.05, 0.1) is 17.8 Å². The summed E-state index contributed by atoms with van der Waals surface area (Å²) in [7, 11) is 0. The number of aromatic nitrogens is 2. The van der Waals surface area contributed by atoms with Crippen molar-refractivity contribution in [1.29, 1.82) is 0 Å². The van der Waals surface area contributed by atoms with E-state index in [2.05, 4.69) is 39.7 Å². The molecule has 30 heavy (non-hydrogen) atoms. The van der Waals surface area contributed by atoms with Gasteiger partial charge in [-0.25, -0.2) is 0 Å². The molecule has 4 rings (SSSR count). The number of aliphatic hydroxyl groups is 1. The van der Waals surface area contributed by atoms with Crippen LogP contribution in [0.25, 0.3) is 5.69 Å². The lowest BCUT2D eigenvalue weighted by atomic mass is 9.96. The van der Waals surface area contributed by atoms with Crippen molar-refractivity contribution in [3.05, 3.63) is 77.4 Å². The molecule has 156 valence electrons. The summed E-state index contributed by atoms with van der Waals surface area (Å²) in [6, 6.07) is 15.2. The number of phenols is 1. The molecule has 0 spiro atoms. The fraction of sp³-hybridized carbons (Fsp3) is 0.304. The van der Waals surface area contributed by atoms with Gasteiger partial charge in [0.15, 0.2) is 5.11 Å². The minimum atomic E-state index is -0.0776. The Morgan fingerprint density at radius 3 is 2.57 bits per heavy atom. The van der Waals surface area contributed by atoms with Gasteiger partial charge in [-0.15, -0.1) is 0 Å². The maximum atomic E-state index is 9.66. The van der Waals surface area contributed by atoms with Gasteiger partial charge in [0.25, 0.3) is 0 Å². The van der Waals surface area contributed by atoms with E-state index in [1.54, 1.807) is 18.3 Å². The molecule has 7 heteroatoms. The van der Waals surface area contributed by atoms with Gasteiger partial charge in [-0.3, -0.25) is 4.98 Å². The molecule has 1 aliphatic rings. The number of aromatic hydroxyl groups is 1. The van der Waals surface area contributed by atoms with Gasteiger partial charge in [-0.1, -0.05) is 6.07 Å². The van der Waals surface area contributed by atoms with Gasteiger partial charge < -0.3 is 25.0 Å². The second kappa shape index (κ2) is 8.45. The zero-order valence-corrected chi connectivity index (χ0v) is 17.9. The molecule has 1 aromatic carbocycles. The Labute approximate surface area is 181 Å². The molecule has 3 N–H and O–H groups in total. The summed E-state index contributed by atoms with van der Waals surface area (Å²) in [6.45, 7) is 4.97. The van der Waals surface area contributed by atoms with Crippen LogP contribution in [0, 0.1) is 13.8 Å². The van der Waals surface area contributed by atoms with Crippen LogP contribution in [-0.4, -0.2) is 42.9 Å². The molecule has 2 atom stereocenters. The standard InChI is InChI=1S/C23H26N4O2S/c1-15-14-19(16(2)27(15)17-7-9-18(29)10-8-17)22-21(20-6-3-4-11-24-20)25-23(30)26(22)12-5-13-28/h3-4,6-11,14,21-22,28-29H,5,12-13H2,1-2H3,(H,25,30)/t21-,22+/m0/s1. The van der Waals surface area contributed by atoms with Crippen LogP contribution in [0.4, 0.5) is 0 Å². The molecule has 2 aromatic heterocycles. The first-order chi connectivity index (χ1) is 14.5. The van der Waals surface area contributed by atoms with Crippen LogP contribution in [0.2, 0.25) is 0 Å². The lowest BCUT2D eigenvalue weighted by molar-refractivity contribution is 0.247. The number of pyridine rings is 1. The van der Waals surface area contributed by atoms with Crippen LogP contribution in [0.3, 0.4) is 0 Å². The van der Waals surface area contributed by atoms with E-state index >= 15 is 0 Å². The normalized spacial score (nSPS) is 18.6. The first kappa shape index (κ1) is 20.4. The summed E-state index contributed by atoms with van der Waals surface area (Å²) in [5, 5.41) is 23.2. The van der Waals surface area contributed by atoms with Gasteiger partial charge in [-0.2, -0.15) is 0 Å². The van der Waals surface area contributed by atoms with E-state index in [1.807, 2.05) is 30.3 Å². The van der Waals surface area contributed by atoms with Gasteiger partial charge in [0, 0.05) is 36.4 Å². The van der Waals surface area contributed by atoms with E-state index in [0.717, 1.165) is 22.8 Å². The molecular weight excluding hydrogens is 396 g/mol. The van der Waals surface area contributed by atoms with Crippen molar-refractivity contribution in [3.63, 3.8) is 0 Å². The van der Waals surface area contributed by atoms with Crippen molar-refractivity contribution in [2.24, 2.45) is 0 Å². The number of rotatable bonds is 6. The Kier molecular flexibility index (Phi) is 5.74. The highest BCUT2D eigenvalue weighted by Crippen LogP contribution is 2.41. The van der Waals surface area contributed by atoms with Crippen LogP contribution in [0.5, 0.6) is 5.75 Å². The first-order valence-electron chi connectivity index (χ1n) is 10.1. The second-order valence-corrected chi connectivity index (χ2v) is 7.96. The zero-order valence-electron chi connectivity index (χ0n) is 17.1. The maximum Gasteiger partial charge on any atom is 0.170 e. The molecule has 1 aliphatic heterocycles. The van der Waals surface area contributed by atoms with Gasteiger partial charge >= 0.3 is 0 Å². The van der Waals surface area contributed by atoms with Crippen molar-refractivity contribution < 1.29 is 10.2 Å². The van der Waals surface area contributed by atoms with Gasteiger partial charge in [-0.05, 0) is 80.5 Å². The summed E-state index contributed by atoms with van der Waals surface area (Å²) < 4.78 is 2.19. The Bertz CT molecular complexity index is 1030. The van der Waals surface area contributed by atoms with E-state index in [0.29, 0.717) is 18.1 Å². The maximum absolute atomic E-state index is 9.66. The molecule has 1 saturated heterocycles. The topological polar surface area (TPSA) is 73.5 Å². The average Bonchev–Trinajstić information content (AvgIpc) is 3.23. The number of hydrogen-bond donors (Lipinski definition) is 3. The van der Waals surface area contributed by atoms with Crippen molar-refractivity contribution in [2.75, 3.05) is 13.2 Å². The smallest absolute Gasteiger partial charge is 0.170 e. The van der Waals surface area contributed by atoms with E-state index in [4.69, 9.17) is 12.2 Å². The molecule has 0 unspecified atom stereocenters. The minimum absolute atomic E-state index is 0.0315. The SMILES string of the molecule is Cc1cc([C@@H]2[C@H](c3ccccn3)NC(=S)N2CCCO)c(C)n1-c1ccc(O)cc1. The molecule has 0 bridgehead atoms. The third-order valence-electron chi connectivity index (χ3n) is 5.65. The quantitative estimate of drug-likeness (QED) is 0.528. The zero-order chi connectivity index (χ0) is 21.3. The van der Waals surface area contributed by atoms with E-state index < -0.39 is 0 Å². The fourth-order valence-corrected chi connectivity index (χ4v) is 4.64. The predicted molar refractivity (Wildman–Crippen MR) is 121 cm³/mol. The van der Waals surface area contributed by atoms with Crippen LogP contribution in [0.1, 0.15) is 41.1 Å². The van der Waals surface area contributed by atoms with Crippen LogP contribution in [0.15, 0.2) is 54.7 Å². The number of benzene rings is 1. The number of phenolic OH excluding ortho intramolecular Hbond substituents is 1. The van der Waals surface area contributed by atoms with E-state index in [-0.39, 0.29) is 24.4 Å². The monoisotopic (exact) mass is 422 g/mol. The van der Waals surface area contributed by atoms with Crippen molar-refractivity contribution in [1.82, 2.24) is 19.8 Å². The average molecular weight is 423 g/mol. The molecular formula is C23H26N4O2S. The summed E-state index contributed by atoms with van der Waals surface area (Å²) >= 11 is 5.67. The molecule has 3 aromatic rings. The Morgan fingerprint density at radius 1 is 1.13 bits per heavy atom. The van der Waals surface area contributed by atoms with E-state index in [1.165, 1.54) is 5.56 Å². The van der Waals surface area contributed by atoms with Gasteiger partial charge in [0.2, 0.25) is 0 Å². The minimum Gasteiger partial charge on any atom is -0.508 e. The highest BCUT2D eigenvalue weighted by molar-refractivity contribution is 7.80. The van der Waals surface area contributed by atoms with Gasteiger partial charge in [0.1, 0.15) is 5.75 Å². The number of thiocarbonyl (C=S) groups is 1. The van der Waals surface area contributed by atoms with E-state index in [9.17, 15) is 10.2 Å². The fourth-order valence-electron chi connectivity index (χ4n) is 4.31. The van der Waals surface area contributed by atoms with Crippen LogP contribution < -0.4 is 5.32 Å². The lowest BCUT2D eigenvalue weighted by Crippen LogP contribution is -2.31. The molecule has 1 fully saturated rings. The molecule has 0 radical (unpaired) electrons. The summed E-state index contributed by atoms with van der Waals surface area (Å²) in [4.78, 5) is 6.74. The Morgan fingerprint density at radius 2 is 1.90 bits per heavy atom. The number of aryl methyl sites for hydroxylation is 1. The van der Waals surface area contributed by atoms with Crippen LogP contribution >= 0.6 is 12.2 Å². The highest BCUT2D eigenvalue weighted by Gasteiger charge is 2.41. The Balaban J connectivity index is 1.81. The predicted octanol–water partition coefficient (Wildman–Crippen LogP) is 3.55. The van der Waals surface area contributed by atoms with Crippen molar-refractivity contribution >= 4 is 17.3 Å². The van der Waals surface area contributed by atoms with Crippen molar-refractivity contribution in [3.8, 4) is 11.4 Å². The Hall–Kier alpha value is -2.90. The third kappa shape index (κ3) is 3.66. The summed E-state index contributed by atoms with van der Waals surface area (Å²) in [6.07, 6.45) is 2.44. The molecule has 3 heterocycles. The number of nitrogens with zero attached hydrogens (tertiary/aromatic N) is 3. The van der Waals surface area contributed by atoms with Crippen LogP contribution in [-0.2, 0) is 0 Å². The molecule has 0 amide bonds. The number of hydrogen-bond acceptors (Lipinski definition) is 4. The largest absolute Gasteiger partial charge is 0.508 e. The molecule has 0 aliphatic carbocycles. The summed E-state index contributed by atoms with van der Waals surface area (Å²) in [5.74, 6) is 0.247. The molecule has 0 saturated carbocycles. The number of aliphatic hydroxyl groups excluding tert-OH is 1. The highest BCUT2D eigenvalue weighted by atomic mass is 32.1. The molecule has 6 nitrogen and oxygen atoms in total.